The summed E-state index contributed by atoms with van der Waals surface area (Å²) >= 11 is 5.87. The van der Waals surface area contributed by atoms with Gasteiger partial charge in [-0.1, -0.05) is 11.6 Å². The highest BCUT2D eigenvalue weighted by molar-refractivity contribution is 6.33. The molecule has 0 bridgehead atoms. The van der Waals surface area contributed by atoms with Crippen molar-refractivity contribution in [2.24, 2.45) is 0 Å². The van der Waals surface area contributed by atoms with Crippen molar-refractivity contribution in [2.45, 2.75) is 0 Å². The summed E-state index contributed by atoms with van der Waals surface area (Å²) in [6.07, 6.45) is 0. The van der Waals surface area contributed by atoms with Gasteiger partial charge in [-0.2, -0.15) is 0 Å². The quantitative estimate of drug-likeness (QED) is 0.341. The van der Waals surface area contributed by atoms with Gasteiger partial charge in [0.2, 0.25) is 0 Å². The Labute approximate surface area is 152 Å². The molecule has 0 amide bonds. The topological polar surface area (TPSA) is 105 Å². The molecular weight excluding hydrogens is 366 g/mol. The zero-order chi connectivity index (χ0) is 18.7. The summed E-state index contributed by atoms with van der Waals surface area (Å²) in [4.78, 5) is 34.4. The number of non-ortho nitro benzene ring substituents is 1. The second kappa shape index (κ2) is 7.40. The standard InChI is InChI=1S/C17H12ClNO7/c18-13-3-2-11(19(22)23)8-12(13)17(21)26-9-14(20)10-1-4-15-16(7-10)25-6-5-24-15/h1-4,7-8H,5-6,9H2. The van der Waals surface area contributed by atoms with Crippen LogP contribution in [0, 0.1) is 10.1 Å². The minimum atomic E-state index is -0.926. The largest absolute Gasteiger partial charge is 0.486 e. The zero-order valence-electron chi connectivity index (χ0n) is 13.3. The molecule has 134 valence electrons. The van der Waals surface area contributed by atoms with Crippen LogP contribution in [0.25, 0.3) is 0 Å². The van der Waals surface area contributed by atoms with Crippen LogP contribution in [0.4, 0.5) is 5.69 Å². The van der Waals surface area contributed by atoms with Gasteiger partial charge in [-0.25, -0.2) is 4.79 Å². The molecule has 9 heteroatoms. The van der Waals surface area contributed by atoms with Crippen LogP contribution in [-0.2, 0) is 4.74 Å². The molecule has 26 heavy (non-hydrogen) atoms. The Morgan fingerprint density at radius 3 is 2.58 bits per heavy atom. The molecule has 0 aromatic heterocycles. The van der Waals surface area contributed by atoms with Crippen LogP contribution in [0.3, 0.4) is 0 Å². The minimum absolute atomic E-state index is 0.00706. The Balaban J connectivity index is 1.69. The number of Topliss-reactive ketones (excluding diaryl/α,β-unsaturated/α-hetero) is 1. The smallest absolute Gasteiger partial charge is 0.340 e. The lowest BCUT2D eigenvalue weighted by Crippen LogP contribution is -2.17. The van der Waals surface area contributed by atoms with Gasteiger partial charge in [-0.3, -0.25) is 14.9 Å². The number of carbonyl (C=O) groups excluding carboxylic acids is 2. The molecule has 8 nitrogen and oxygen atoms in total. The van der Waals surface area contributed by atoms with Gasteiger partial charge >= 0.3 is 5.97 Å². The number of nitro benzene ring substituents is 1. The Hall–Kier alpha value is -3.13. The SMILES string of the molecule is O=C(COC(=O)c1cc([N+](=O)[O-])ccc1Cl)c1ccc2c(c1)OCCO2. The number of fused-ring (bicyclic) bond motifs is 1. The Kier molecular flexibility index (Phi) is 5.04. The first kappa shape index (κ1) is 17.7. The van der Waals surface area contributed by atoms with E-state index in [1.165, 1.54) is 24.3 Å². The lowest BCUT2D eigenvalue weighted by atomic mass is 10.1. The monoisotopic (exact) mass is 377 g/mol. The van der Waals surface area contributed by atoms with Crippen LogP contribution in [-0.4, -0.2) is 36.5 Å². The van der Waals surface area contributed by atoms with Crippen molar-refractivity contribution in [3.63, 3.8) is 0 Å². The van der Waals surface area contributed by atoms with Crippen molar-refractivity contribution >= 4 is 29.0 Å². The molecule has 3 rings (SSSR count). The Morgan fingerprint density at radius 1 is 1.12 bits per heavy atom. The molecule has 0 saturated heterocycles. The fourth-order valence-corrected chi connectivity index (χ4v) is 2.49. The molecule has 0 unspecified atom stereocenters. The first-order valence-corrected chi connectivity index (χ1v) is 7.87. The Morgan fingerprint density at radius 2 is 1.85 bits per heavy atom. The van der Waals surface area contributed by atoms with Gasteiger partial charge in [-0.15, -0.1) is 0 Å². The summed E-state index contributed by atoms with van der Waals surface area (Å²) in [6.45, 7) is 0.268. The number of ether oxygens (including phenoxy) is 3. The summed E-state index contributed by atoms with van der Waals surface area (Å²) in [6, 6.07) is 8.02. The molecule has 0 fully saturated rings. The van der Waals surface area contributed by atoms with Crippen molar-refractivity contribution in [2.75, 3.05) is 19.8 Å². The summed E-state index contributed by atoms with van der Waals surface area (Å²) in [5.41, 5.74) is -0.206. The first-order chi connectivity index (χ1) is 12.5. The van der Waals surface area contributed by atoms with Gasteiger partial charge in [0.15, 0.2) is 23.9 Å². The van der Waals surface area contributed by atoms with E-state index in [4.69, 9.17) is 25.8 Å². The third kappa shape index (κ3) is 3.75. The molecule has 0 aliphatic carbocycles. The van der Waals surface area contributed by atoms with E-state index in [1.807, 2.05) is 0 Å². The number of hydrogen-bond acceptors (Lipinski definition) is 7. The first-order valence-electron chi connectivity index (χ1n) is 7.49. The van der Waals surface area contributed by atoms with Gasteiger partial charge < -0.3 is 14.2 Å². The fraction of sp³-hybridized carbons (Fsp3) is 0.176. The van der Waals surface area contributed by atoms with Crippen LogP contribution < -0.4 is 9.47 Å². The predicted octanol–water partition coefficient (Wildman–Crippen LogP) is 3.06. The third-order valence-electron chi connectivity index (χ3n) is 3.58. The molecule has 0 spiro atoms. The lowest BCUT2D eigenvalue weighted by Gasteiger charge is -2.18. The van der Waals surface area contributed by atoms with Gasteiger partial charge in [0.25, 0.3) is 5.69 Å². The van der Waals surface area contributed by atoms with E-state index < -0.39 is 23.3 Å². The molecule has 0 radical (unpaired) electrons. The van der Waals surface area contributed by atoms with Crippen LogP contribution in [0.5, 0.6) is 11.5 Å². The number of nitrogens with zero attached hydrogens (tertiary/aromatic N) is 1. The van der Waals surface area contributed by atoms with E-state index in [1.54, 1.807) is 6.07 Å². The van der Waals surface area contributed by atoms with E-state index in [9.17, 15) is 19.7 Å². The van der Waals surface area contributed by atoms with Crippen molar-refractivity contribution < 1.29 is 28.7 Å². The van der Waals surface area contributed by atoms with Crippen molar-refractivity contribution in [1.29, 1.82) is 0 Å². The van der Waals surface area contributed by atoms with E-state index in [-0.39, 0.29) is 21.8 Å². The van der Waals surface area contributed by atoms with Crippen molar-refractivity contribution in [1.82, 2.24) is 0 Å². The number of esters is 1. The maximum Gasteiger partial charge on any atom is 0.340 e. The lowest BCUT2D eigenvalue weighted by molar-refractivity contribution is -0.384. The normalized spacial score (nSPS) is 12.3. The highest BCUT2D eigenvalue weighted by Crippen LogP contribution is 2.31. The van der Waals surface area contributed by atoms with Gasteiger partial charge in [0.05, 0.1) is 15.5 Å². The fourth-order valence-electron chi connectivity index (χ4n) is 2.29. The minimum Gasteiger partial charge on any atom is -0.486 e. The number of carbonyl (C=O) groups is 2. The molecule has 0 N–H and O–H groups in total. The molecular formula is C17H12ClNO7. The Bertz CT molecular complexity index is 897. The molecule has 0 atom stereocenters. The highest BCUT2D eigenvalue weighted by Gasteiger charge is 2.20. The number of benzene rings is 2. The third-order valence-corrected chi connectivity index (χ3v) is 3.91. The van der Waals surface area contributed by atoms with E-state index in [0.29, 0.717) is 24.7 Å². The summed E-state index contributed by atoms with van der Waals surface area (Å²) < 4.78 is 15.7. The zero-order valence-corrected chi connectivity index (χ0v) is 14.0. The summed E-state index contributed by atoms with van der Waals surface area (Å²) in [5.74, 6) is -0.412. The molecule has 1 heterocycles. The van der Waals surface area contributed by atoms with Gasteiger partial charge in [0.1, 0.15) is 13.2 Å². The van der Waals surface area contributed by atoms with Crippen LogP contribution in [0.2, 0.25) is 5.02 Å². The number of nitro groups is 1. The average molecular weight is 378 g/mol. The van der Waals surface area contributed by atoms with E-state index in [2.05, 4.69) is 0 Å². The van der Waals surface area contributed by atoms with E-state index in [0.717, 1.165) is 6.07 Å². The highest BCUT2D eigenvalue weighted by atomic mass is 35.5. The summed E-state index contributed by atoms with van der Waals surface area (Å²) in [5, 5.41) is 10.8. The second-order valence-corrected chi connectivity index (χ2v) is 5.69. The molecule has 1 aliphatic rings. The summed E-state index contributed by atoms with van der Waals surface area (Å²) in [7, 11) is 0. The maximum atomic E-state index is 12.2. The van der Waals surface area contributed by atoms with Crippen LogP contribution in [0.1, 0.15) is 20.7 Å². The number of ketones is 1. The van der Waals surface area contributed by atoms with Gasteiger partial charge in [0, 0.05) is 17.7 Å². The van der Waals surface area contributed by atoms with Gasteiger partial charge in [-0.05, 0) is 24.3 Å². The van der Waals surface area contributed by atoms with Crippen LogP contribution in [0.15, 0.2) is 36.4 Å². The molecule has 2 aromatic rings. The molecule has 2 aromatic carbocycles. The molecule has 0 saturated carbocycles. The van der Waals surface area contributed by atoms with Crippen LogP contribution >= 0.6 is 11.6 Å². The van der Waals surface area contributed by atoms with E-state index >= 15 is 0 Å². The van der Waals surface area contributed by atoms with Crippen molar-refractivity contribution in [3.05, 3.63) is 62.7 Å². The van der Waals surface area contributed by atoms with Crippen molar-refractivity contribution in [3.8, 4) is 11.5 Å². The molecule has 1 aliphatic heterocycles. The number of rotatable bonds is 5. The second-order valence-electron chi connectivity index (χ2n) is 5.28. The average Bonchev–Trinajstić information content (AvgIpc) is 2.65. The maximum absolute atomic E-state index is 12.2. The predicted molar refractivity (Wildman–Crippen MR) is 90.2 cm³/mol. The number of hydrogen-bond donors (Lipinski definition) is 0. The number of halogens is 1.